The third-order valence-corrected chi connectivity index (χ3v) is 2.28. The Balaban J connectivity index is 2.24. The molecule has 1 atom stereocenters. The summed E-state index contributed by atoms with van der Waals surface area (Å²) in [7, 11) is 0. The van der Waals surface area contributed by atoms with Gasteiger partial charge in [0.25, 0.3) is 0 Å². The van der Waals surface area contributed by atoms with Gasteiger partial charge in [0.2, 0.25) is 5.91 Å². The second-order valence-electron chi connectivity index (χ2n) is 3.40. The molecule has 16 heavy (non-hydrogen) atoms. The molecule has 0 aromatic heterocycles. The Morgan fingerprint density at radius 1 is 1.25 bits per heavy atom. The van der Waals surface area contributed by atoms with E-state index in [0.29, 0.717) is 0 Å². The summed E-state index contributed by atoms with van der Waals surface area (Å²) >= 11 is 0. The Morgan fingerprint density at radius 2 is 1.88 bits per heavy atom. The van der Waals surface area contributed by atoms with Gasteiger partial charge >= 0.3 is 0 Å². The van der Waals surface area contributed by atoms with Gasteiger partial charge in [0.15, 0.2) is 17.5 Å². The lowest BCUT2D eigenvalue weighted by Crippen LogP contribution is -2.38. The largest absolute Gasteiger partial charge is 0.362 e. The van der Waals surface area contributed by atoms with Crippen molar-refractivity contribution < 1.29 is 22.7 Å². The van der Waals surface area contributed by atoms with Crippen molar-refractivity contribution in [3.63, 3.8) is 0 Å². The summed E-state index contributed by atoms with van der Waals surface area (Å²) in [5.74, 6) is -4.34. The van der Waals surface area contributed by atoms with Crippen molar-refractivity contribution in [1.82, 2.24) is 5.32 Å². The number of nitrogens with one attached hydrogen (secondary N) is 1. The molecule has 0 saturated carbocycles. The van der Waals surface area contributed by atoms with Gasteiger partial charge in [0.1, 0.15) is 12.7 Å². The fraction of sp³-hybridized carbons (Fsp3) is 0.300. The number of rotatable bonds is 1. The highest BCUT2D eigenvalue weighted by Crippen LogP contribution is 2.22. The highest BCUT2D eigenvalue weighted by Gasteiger charge is 2.22. The molecule has 1 fully saturated rings. The summed E-state index contributed by atoms with van der Waals surface area (Å²) in [4.78, 5) is 10.8. The zero-order valence-electron chi connectivity index (χ0n) is 8.10. The highest BCUT2D eigenvalue weighted by molar-refractivity contribution is 5.77. The van der Waals surface area contributed by atoms with Crippen LogP contribution in [0.2, 0.25) is 0 Å². The van der Waals surface area contributed by atoms with Crippen LogP contribution in [0.15, 0.2) is 12.1 Å². The number of morpholine rings is 1. The van der Waals surface area contributed by atoms with Crippen LogP contribution in [-0.4, -0.2) is 19.1 Å². The molecule has 1 N–H and O–H groups in total. The van der Waals surface area contributed by atoms with Gasteiger partial charge in [-0.15, -0.1) is 0 Å². The molecule has 86 valence electrons. The first-order chi connectivity index (χ1) is 7.58. The van der Waals surface area contributed by atoms with Crippen LogP contribution in [0.3, 0.4) is 0 Å². The molecule has 3 nitrogen and oxygen atoms in total. The predicted octanol–water partition coefficient (Wildman–Crippen LogP) is 1.29. The molecule has 1 aliphatic heterocycles. The second kappa shape index (κ2) is 4.13. The van der Waals surface area contributed by atoms with Crippen LogP contribution in [0.1, 0.15) is 11.7 Å². The van der Waals surface area contributed by atoms with E-state index < -0.39 is 23.6 Å². The Hall–Kier alpha value is -1.56. The van der Waals surface area contributed by atoms with Crippen molar-refractivity contribution >= 4 is 5.91 Å². The van der Waals surface area contributed by atoms with E-state index in [-0.39, 0.29) is 24.6 Å². The molecular weight excluding hydrogens is 223 g/mol. The minimum Gasteiger partial charge on any atom is -0.362 e. The SMILES string of the molecule is O=C1COC(c2cc(F)c(F)c(F)c2)CN1. The molecule has 0 bridgehead atoms. The van der Waals surface area contributed by atoms with Crippen LogP contribution in [-0.2, 0) is 9.53 Å². The van der Waals surface area contributed by atoms with Gasteiger partial charge in [-0.2, -0.15) is 0 Å². The topological polar surface area (TPSA) is 38.3 Å². The lowest BCUT2D eigenvalue weighted by atomic mass is 10.1. The average Bonchev–Trinajstić information content (AvgIpc) is 2.26. The van der Waals surface area contributed by atoms with Gasteiger partial charge in [-0.3, -0.25) is 4.79 Å². The second-order valence-corrected chi connectivity index (χ2v) is 3.40. The minimum atomic E-state index is -1.51. The lowest BCUT2D eigenvalue weighted by molar-refractivity contribution is -0.133. The Kier molecular flexibility index (Phi) is 2.82. The standard InChI is InChI=1S/C10H8F3NO2/c11-6-1-5(2-7(12)10(6)13)8-3-14-9(15)4-16-8/h1-2,8H,3-4H2,(H,14,15). The van der Waals surface area contributed by atoms with Gasteiger partial charge in [-0.25, -0.2) is 13.2 Å². The molecule has 1 amide bonds. The lowest BCUT2D eigenvalue weighted by Gasteiger charge is -2.23. The van der Waals surface area contributed by atoms with E-state index in [1.54, 1.807) is 0 Å². The van der Waals surface area contributed by atoms with Gasteiger partial charge in [0.05, 0.1) is 0 Å². The van der Waals surface area contributed by atoms with Gasteiger partial charge in [-0.05, 0) is 17.7 Å². The predicted molar refractivity (Wildman–Crippen MR) is 48.0 cm³/mol. The molecule has 1 heterocycles. The maximum atomic E-state index is 12.9. The number of carbonyl (C=O) groups excluding carboxylic acids is 1. The maximum absolute atomic E-state index is 12.9. The van der Waals surface area contributed by atoms with E-state index >= 15 is 0 Å². The van der Waals surface area contributed by atoms with Crippen LogP contribution in [0.4, 0.5) is 13.2 Å². The van der Waals surface area contributed by atoms with Crippen LogP contribution in [0.5, 0.6) is 0 Å². The number of ether oxygens (including phenoxy) is 1. The van der Waals surface area contributed by atoms with E-state index in [9.17, 15) is 18.0 Å². The summed E-state index contributed by atoms with van der Waals surface area (Å²) < 4.78 is 43.6. The number of hydrogen-bond donors (Lipinski definition) is 1. The van der Waals surface area contributed by atoms with Crippen molar-refractivity contribution in [1.29, 1.82) is 0 Å². The first-order valence-corrected chi connectivity index (χ1v) is 4.60. The molecule has 0 spiro atoms. The van der Waals surface area contributed by atoms with Crippen LogP contribution in [0, 0.1) is 17.5 Å². The summed E-state index contributed by atoms with van der Waals surface area (Å²) in [6.45, 7) is -0.0609. The van der Waals surface area contributed by atoms with Crippen LogP contribution in [0.25, 0.3) is 0 Å². The third-order valence-electron chi connectivity index (χ3n) is 2.28. The molecule has 1 aliphatic rings. The van der Waals surface area contributed by atoms with Crippen molar-refractivity contribution in [2.45, 2.75) is 6.10 Å². The zero-order valence-corrected chi connectivity index (χ0v) is 8.10. The number of halogens is 3. The first kappa shape index (κ1) is 10.9. The normalized spacial score (nSPS) is 20.7. The number of benzene rings is 1. The average molecular weight is 231 g/mol. The molecule has 1 aromatic carbocycles. The summed E-state index contributed by atoms with van der Waals surface area (Å²) in [5.41, 5.74) is 0.163. The van der Waals surface area contributed by atoms with Gasteiger partial charge in [0, 0.05) is 6.54 Å². The monoisotopic (exact) mass is 231 g/mol. The van der Waals surface area contributed by atoms with E-state index in [2.05, 4.69) is 5.32 Å². The summed E-state index contributed by atoms with van der Waals surface area (Å²) in [5, 5.41) is 2.48. The molecule has 6 heteroatoms. The molecule has 0 aliphatic carbocycles. The molecule has 1 saturated heterocycles. The smallest absolute Gasteiger partial charge is 0.246 e. The number of hydrogen-bond acceptors (Lipinski definition) is 2. The third kappa shape index (κ3) is 2.01. The number of amides is 1. The van der Waals surface area contributed by atoms with E-state index in [4.69, 9.17) is 4.74 Å². The first-order valence-electron chi connectivity index (χ1n) is 4.60. The molecular formula is C10H8F3NO2. The van der Waals surface area contributed by atoms with E-state index in [0.717, 1.165) is 12.1 Å². The number of carbonyl (C=O) groups is 1. The highest BCUT2D eigenvalue weighted by atomic mass is 19.2. The zero-order chi connectivity index (χ0) is 11.7. The Bertz CT molecular complexity index is 403. The van der Waals surface area contributed by atoms with Gasteiger partial charge in [-0.1, -0.05) is 0 Å². The van der Waals surface area contributed by atoms with Crippen LogP contribution >= 0.6 is 0 Å². The minimum absolute atomic E-state index is 0.114. The fourth-order valence-electron chi connectivity index (χ4n) is 1.47. The van der Waals surface area contributed by atoms with Crippen molar-refractivity contribution in [2.75, 3.05) is 13.2 Å². The fourth-order valence-corrected chi connectivity index (χ4v) is 1.47. The van der Waals surface area contributed by atoms with Crippen molar-refractivity contribution in [2.24, 2.45) is 0 Å². The molecule has 1 aromatic rings. The summed E-state index contributed by atoms with van der Waals surface area (Å²) in [6.07, 6.45) is -0.651. The Labute approximate surface area is 89.2 Å². The molecule has 1 unspecified atom stereocenters. The van der Waals surface area contributed by atoms with Gasteiger partial charge < -0.3 is 10.1 Å². The molecule has 2 rings (SSSR count). The van der Waals surface area contributed by atoms with E-state index in [1.165, 1.54) is 0 Å². The Morgan fingerprint density at radius 3 is 2.38 bits per heavy atom. The summed E-state index contributed by atoms with van der Waals surface area (Å²) in [6, 6.07) is 1.72. The quantitative estimate of drug-likeness (QED) is 0.739. The maximum Gasteiger partial charge on any atom is 0.246 e. The van der Waals surface area contributed by atoms with Crippen LogP contribution < -0.4 is 5.32 Å². The van der Waals surface area contributed by atoms with E-state index in [1.807, 2.05) is 0 Å². The van der Waals surface area contributed by atoms with Crippen molar-refractivity contribution in [3.05, 3.63) is 35.1 Å². The molecule has 0 radical (unpaired) electrons. The van der Waals surface area contributed by atoms with Crippen molar-refractivity contribution in [3.8, 4) is 0 Å².